The third kappa shape index (κ3) is 1.99. The van der Waals surface area contributed by atoms with Gasteiger partial charge in [0.25, 0.3) is 0 Å². The summed E-state index contributed by atoms with van der Waals surface area (Å²) in [7, 11) is 0. The molecule has 0 atom stereocenters. The first-order chi connectivity index (χ1) is 6.34. The molecule has 2 aromatic rings. The Morgan fingerprint density at radius 2 is 2.31 bits per heavy atom. The molecule has 0 aliphatic carbocycles. The van der Waals surface area contributed by atoms with E-state index in [1.807, 2.05) is 25.3 Å². The predicted molar refractivity (Wildman–Crippen MR) is 49.4 cm³/mol. The molecule has 0 bridgehead atoms. The van der Waals surface area contributed by atoms with Gasteiger partial charge in [-0.15, -0.1) is 0 Å². The molecule has 13 heavy (non-hydrogen) atoms. The Kier molecular flexibility index (Phi) is 2.17. The number of rotatable bonds is 3. The minimum Gasteiger partial charge on any atom is -0.466 e. The van der Waals surface area contributed by atoms with Crippen molar-refractivity contribution in [3.8, 4) is 0 Å². The van der Waals surface area contributed by atoms with Crippen molar-refractivity contribution in [3.05, 3.63) is 41.9 Å². The van der Waals surface area contributed by atoms with Crippen LogP contribution in [0.4, 0.5) is 0 Å². The van der Waals surface area contributed by atoms with Gasteiger partial charge in [0.1, 0.15) is 11.5 Å². The van der Waals surface area contributed by atoms with Gasteiger partial charge in [-0.3, -0.25) is 0 Å². The van der Waals surface area contributed by atoms with Crippen molar-refractivity contribution in [3.63, 3.8) is 0 Å². The molecule has 0 saturated carbocycles. The Morgan fingerprint density at radius 3 is 2.92 bits per heavy atom. The van der Waals surface area contributed by atoms with Crippen LogP contribution in [0, 0.1) is 6.92 Å². The van der Waals surface area contributed by atoms with Gasteiger partial charge in [-0.05, 0) is 25.5 Å². The van der Waals surface area contributed by atoms with Crippen molar-refractivity contribution in [1.29, 1.82) is 0 Å². The normalized spacial score (nSPS) is 10.5. The van der Waals surface area contributed by atoms with E-state index in [-0.39, 0.29) is 0 Å². The van der Waals surface area contributed by atoms with E-state index >= 15 is 0 Å². The van der Waals surface area contributed by atoms with Crippen LogP contribution in [-0.4, -0.2) is 9.97 Å². The van der Waals surface area contributed by atoms with E-state index < -0.39 is 0 Å². The summed E-state index contributed by atoms with van der Waals surface area (Å²) in [6.07, 6.45) is 5.42. The van der Waals surface area contributed by atoms with Gasteiger partial charge in [0, 0.05) is 18.3 Å². The Bertz CT molecular complexity index is 362. The third-order valence-electron chi connectivity index (χ3n) is 1.99. The molecule has 0 aliphatic rings. The molecule has 0 saturated heterocycles. The van der Waals surface area contributed by atoms with Gasteiger partial charge < -0.3 is 9.40 Å². The molecular formula is C10H12N2O. The third-order valence-corrected chi connectivity index (χ3v) is 1.99. The number of aromatic nitrogens is 2. The first-order valence-corrected chi connectivity index (χ1v) is 4.37. The molecule has 2 heterocycles. The second kappa shape index (κ2) is 3.47. The lowest BCUT2D eigenvalue weighted by Crippen LogP contribution is -1.88. The van der Waals surface area contributed by atoms with Gasteiger partial charge in [0.15, 0.2) is 0 Å². The molecule has 2 aromatic heterocycles. The summed E-state index contributed by atoms with van der Waals surface area (Å²) in [6, 6.07) is 4.01. The van der Waals surface area contributed by atoms with E-state index in [2.05, 4.69) is 9.97 Å². The summed E-state index contributed by atoms with van der Waals surface area (Å²) in [4.78, 5) is 7.01. The van der Waals surface area contributed by atoms with Gasteiger partial charge in [-0.1, -0.05) is 0 Å². The van der Waals surface area contributed by atoms with Crippen molar-refractivity contribution in [2.45, 2.75) is 19.8 Å². The molecule has 0 aliphatic heterocycles. The van der Waals surface area contributed by atoms with Gasteiger partial charge in [0.05, 0.1) is 6.33 Å². The van der Waals surface area contributed by atoms with Crippen LogP contribution in [0.2, 0.25) is 0 Å². The van der Waals surface area contributed by atoms with Crippen LogP contribution in [0.1, 0.15) is 17.2 Å². The fraction of sp³-hybridized carbons (Fsp3) is 0.300. The fourth-order valence-corrected chi connectivity index (χ4v) is 1.30. The number of aryl methyl sites for hydroxylation is 3. The van der Waals surface area contributed by atoms with Crippen LogP contribution in [0.25, 0.3) is 0 Å². The first kappa shape index (κ1) is 8.10. The summed E-state index contributed by atoms with van der Waals surface area (Å²) in [5.74, 6) is 2.01. The number of hydrogen-bond donors (Lipinski definition) is 1. The van der Waals surface area contributed by atoms with Crippen molar-refractivity contribution in [2.75, 3.05) is 0 Å². The Labute approximate surface area is 76.8 Å². The zero-order chi connectivity index (χ0) is 9.10. The quantitative estimate of drug-likeness (QED) is 0.778. The number of furan rings is 1. The molecule has 1 N–H and O–H groups in total. The fourth-order valence-electron chi connectivity index (χ4n) is 1.30. The molecule has 68 valence electrons. The summed E-state index contributed by atoms with van der Waals surface area (Å²) in [5.41, 5.74) is 1.15. The number of nitrogens with zero attached hydrogens (tertiary/aromatic N) is 1. The Balaban J connectivity index is 1.93. The molecule has 0 amide bonds. The molecule has 0 spiro atoms. The topological polar surface area (TPSA) is 41.8 Å². The Morgan fingerprint density at radius 1 is 1.38 bits per heavy atom. The van der Waals surface area contributed by atoms with Crippen molar-refractivity contribution in [2.24, 2.45) is 0 Å². The maximum Gasteiger partial charge on any atom is 0.104 e. The summed E-state index contributed by atoms with van der Waals surface area (Å²) >= 11 is 0. The molecule has 0 fully saturated rings. The molecule has 0 radical (unpaired) electrons. The number of imidazole rings is 1. The highest BCUT2D eigenvalue weighted by Gasteiger charge is 1.99. The van der Waals surface area contributed by atoms with Crippen LogP contribution in [-0.2, 0) is 12.8 Å². The van der Waals surface area contributed by atoms with Gasteiger partial charge in [-0.25, -0.2) is 4.98 Å². The Hall–Kier alpha value is -1.51. The smallest absolute Gasteiger partial charge is 0.104 e. The highest BCUT2D eigenvalue weighted by atomic mass is 16.3. The van der Waals surface area contributed by atoms with Gasteiger partial charge in [0.2, 0.25) is 0 Å². The second-order valence-corrected chi connectivity index (χ2v) is 3.09. The summed E-state index contributed by atoms with van der Waals surface area (Å²) in [5, 5.41) is 0. The number of hydrogen-bond acceptors (Lipinski definition) is 2. The minimum absolute atomic E-state index is 0.927. The second-order valence-electron chi connectivity index (χ2n) is 3.09. The van der Waals surface area contributed by atoms with Crippen LogP contribution < -0.4 is 0 Å². The van der Waals surface area contributed by atoms with Crippen LogP contribution in [0.5, 0.6) is 0 Å². The average Bonchev–Trinajstić information content (AvgIpc) is 2.71. The molecule has 0 aromatic carbocycles. The lowest BCUT2D eigenvalue weighted by molar-refractivity contribution is 0.482. The molecule has 3 heteroatoms. The summed E-state index contributed by atoms with van der Waals surface area (Å²) < 4.78 is 5.45. The van der Waals surface area contributed by atoms with E-state index in [1.165, 1.54) is 0 Å². The number of H-pyrrole nitrogens is 1. The monoisotopic (exact) mass is 176 g/mol. The number of aromatic amines is 1. The molecule has 0 unspecified atom stereocenters. The maximum atomic E-state index is 5.45. The zero-order valence-electron chi connectivity index (χ0n) is 7.58. The predicted octanol–water partition coefficient (Wildman–Crippen LogP) is 2.10. The van der Waals surface area contributed by atoms with E-state index in [0.29, 0.717) is 0 Å². The zero-order valence-corrected chi connectivity index (χ0v) is 7.58. The average molecular weight is 176 g/mol. The maximum absolute atomic E-state index is 5.45. The van der Waals surface area contributed by atoms with E-state index in [4.69, 9.17) is 4.42 Å². The standard InChI is InChI=1S/C10H12N2O/c1-8-2-4-10(13-8)5-3-9-6-11-7-12-9/h2,4,6-7H,3,5H2,1H3,(H,11,12). The van der Waals surface area contributed by atoms with E-state index in [0.717, 1.165) is 30.1 Å². The van der Waals surface area contributed by atoms with Crippen LogP contribution in [0.3, 0.4) is 0 Å². The van der Waals surface area contributed by atoms with Crippen molar-refractivity contribution in [1.82, 2.24) is 9.97 Å². The van der Waals surface area contributed by atoms with Crippen molar-refractivity contribution < 1.29 is 4.42 Å². The van der Waals surface area contributed by atoms with Gasteiger partial charge >= 0.3 is 0 Å². The summed E-state index contributed by atoms with van der Waals surface area (Å²) in [6.45, 7) is 1.96. The molecular weight excluding hydrogens is 164 g/mol. The van der Waals surface area contributed by atoms with Crippen LogP contribution >= 0.6 is 0 Å². The molecule has 3 nitrogen and oxygen atoms in total. The first-order valence-electron chi connectivity index (χ1n) is 4.37. The molecule has 2 rings (SSSR count). The van der Waals surface area contributed by atoms with Gasteiger partial charge in [-0.2, -0.15) is 0 Å². The minimum atomic E-state index is 0.927. The van der Waals surface area contributed by atoms with Crippen molar-refractivity contribution >= 4 is 0 Å². The van der Waals surface area contributed by atoms with Crippen LogP contribution in [0.15, 0.2) is 29.1 Å². The number of nitrogens with one attached hydrogen (secondary N) is 1. The highest BCUT2D eigenvalue weighted by molar-refractivity contribution is 5.07. The largest absolute Gasteiger partial charge is 0.466 e. The lowest BCUT2D eigenvalue weighted by atomic mass is 10.2. The van der Waals surface area contributed by atoms with E-state index in [9.17, 15) is 0 Å². The lowest BCUT2D eigenvalue weighted by Gasteiger charge is -1.93. The highest BCUT2D eigenvalue weighted by Crippen LogP contribution is 2.09. The SMILES string of the molecule is Cc1ccc(CCc2cnc[nH]2)o1. The van der Waals surface area contributed by atoms with E-state index in [1.54, 1.807) is 6.33 Å².